The van der Waals surface area contributed by atoms with Gasteiger partial charge in [-0.3, -0.25) is 0 Å². The summed E-state index contributed by atoms with van der Waals surface area (Å²) in [7, 11) is 0. The number of rotatable bonds is 6. The van der Waals surface area contributed by atoms with Gasteiger partial charge in [0.1, 0.15) is 5.75 Å². The molecule has 0 heterocycles. The van der Waals surface area contributed by atoms with Gasteiger partial charge in [-0.1, -0.05) is 19.4 Å². The number of nitrogens with one attached hydrogen (secondary N) is 1. The van der Waals surface area contributed by atoms with Gasteiger partial charge in [0.25, 0.3) is 0 Å². The average molecular weight is 271 g/mol. The van der Waals surface area contributed by atoms with E-state index in [9.17, 15) is 0 Å². The molecule has 2 rings (SSSR count). The summed E-state index contributed by atoms with van der Waals surface area (Å²) in [4.78, 5) is 0. The molecule has 0 aliphatic carbocycles. The Balaban J connectivity index is 2.07. The molecule has 4 heteroatoms. The van der Waals surface area contributed by atoms with Gasteiger partial charge in [0.05, 0.1) is 18.0 Å². The zero-order valence-corrected chi connectivity index (χ0v) is 11.7. The van der Waals surface area contributed by atoms with Crippen LogP contribution >= 0.6 is 0 Å². The Hall–Kier alpha value is -2.36. The molecule has 0 unspecified atom stereocenters. The Kier molecular flexibility index (Phi) is 4.71. The fourth-order valence-electron chi connectivity index (χ4n) is 1.85. The van der Waals surface area contributed by atoms with Gasteiger partial charge in [-0.05, 0) is 36.8 Å². The highest BCUT2D eigenvalue weighted by Crippen LogP contribution is 2.27. The highest BCUT2D eigenvalue weighted by Gasteiger charge is 2.01. The molecule has 0 aromatic heterocycles. The van der Waals surface area contributed by atoms with E-state index in [1.54, 1.807) is 6.07 Å². The number of nitrogens with two attached hydrogens (primary N) is 2. The van der Waals surface area contributed by atoms with E-state index in [-0.39, 0.29) is 0 Å². The summed E-state index contributed by atoms with van der Waals surface area (Å²) in [5.74, 6) is 0.859. The molecule has 0 aliphatic rings. The van der Waals surface area contributed by atoms with Gasteiger partial charge in [-0.25, -0.2) is 0 Å². The van der Waals surface area contributed by atoms with E-state index in [1.807, 2.05) is 36.4 Å². The molecule has 0 spiro atoms. The van der Waals surface area contributed by atoms with Crippen molar-refractivity contribution in [3.05, 3.63) is 42.5 Å². The molecule has 20 heavy (non-hydrogen) atoms. The van der Waals surface area contributed by atoms with Gasteiger partial charge in [0.15, 0.2) is 0 Å². The van der Waals surface area contributed by atoms with Crippen LogP contribution < -0.4 is 21.5 Å². The molecule has 0 fully saturated rings. The third-order valence-electron chi connectivity index (χ3n) is 2.96. The predicted molar refractivity (Wildman–Crippen MR) is 85.4 cm³/mol. The number of hydrogen-bond acceptors (Lipinski definition) is 4. The zero-order valence-electron chi connectivity index (χ0n) is 11.7. The maximum absolute atomic E-state index is 5.93. The molecule has 5 N–H and O–H groups in total. The molecule has 0 atom stereocenters. The molecule has 0 bridgehead atoms. The van der Waals surface area contributed by atoms with Crippen molar-refractivity contribution in [2.24, 2.45) is 0 Å². The van der Waals surface area contributed by atoms with Crippen LogP contribution in [0.15, 0.2) is 42.5 Å². The summed E-state index contributed by atoms with van der Waals surface area (Å²) >= 11 is 0. The average Bonchev–Trinajstić information content (AvgIpc) is 2.43. The first-order valence-electron chi connectivity index (χ1n) is 6.84. The number of benzene rings is 2. The first-order valence-corrected chi connectivity index (χ1v) is 6.84. The van der Waals surface area contributed by atoms with E-state index in [4.69, 9.17) is 16.2 Å². The van der Waals surface area contributed by atoms with E-state index in [0.717, 1.165) is 36.6 Å². The van der Waals surface area contributed by atoms with Crippen molar-refractivity contribution in [2.45, 2.75) is 19.8 Å². The highest BCUT2D eigenvalue weighted by atomic mass is 16.5. The monoisotopic (exact) mass is 271 g/mol. The second-order valence-corrected chi connectivity index (χ2v) is 4.70. The minimum Gasteiger partial charge on any atom is -0.494 e. The first-order chi connectivity index (χ1) is 9.69. The molecule has 0 saturated carbocycles. The Morgan fingerprint density at radius 1 is 1.10 bits per heavy atom. The van der Waals surface area contributed by atoms with Crippen molar-refractivity contribution in [2.75, 3.05) is 23.4 Å². The molecular formula is C16H21N3O. The largest absolute Gasteiger partial charge is 0.494 e. The second kappa shape index (κ2) is 6.70. The fraction of sp³-hybridized carbons (Fsp3) is 0.250. The summed E-state index contributed by atoms with van der Waals surface area (Å²) in [6.45, 7) is 2.88. The van der Waals surface area contributed by atoms with Crippen molar-refractivity contribution in [1.82, 2.24) is 0 Å². The third kappa shape index (κ3) is 3.82. The van der Waals surface area contributed by atoms with Crippen molar-refractivity contribution in [1.29, 1.82) is 0 Å². The summed E-state index contributed by atoms with van der Waals surface area (Å²) in [5, 5.41) is 3.27. The lowest BCUT2D eigenvalue weighted by atomic mass is 10.2. The summed E-state index contributed by atoms with van der Waals surface area (Å²) in [5.41, 5.74) is 14.7. The van der Waals surface area contributed by atoms with E-state index in [2.05, 4.69) is 12.2 Å². The van der Waals surface area contributed by atoms with Gasteiger partial charge >= 0.3 is 0 Å². The van der Waals surface area contributed by atoms with Crippen LogP contribution in [0.25, 0.3) is 0 Å². The van der Waals surface area contributed by atoms with Crippen LogP contribution in [0.2, 0.25) is 0 Å². The number of hydrogen-bond donors (Lipinski definition) is 3. The lowest BCUT2D eigenvalue weighted by Crippen LogP contribution is -1.99. The lowest BCUT2D eigenvalue weighted by Gasteiger charge is -2.11. The number of nitrogen functional groups attached to an aromatic ring is 2. The molecule has 0 saturated heterocycles. The SMILES string of the molecule is CCCCOc1cccc(Nc2ccc(N)cc2N)c1. The molecule has 4 nitrogen and oxygen atoms in total. The maximum atomic E-state index is 5.93. The fourth-order valence-corrected chi connectivity index (χ4v) is 1.85. The molecule has 0 amide bonds. The standard InChI is InChI=1S/C16H21N3O/c1-2-3-9-20-14-6-4-5-13(11-14)19-16-8-7-12(17)10-15(16)18/h4-8,10-11,19H,2-3,9,17-18H2,1H3. The number of ether oxygens (including phenoxy) is 1. The topological polar surface area (TPSA) is 73.3 Å². The Labute approximate surface area is 119 Å². The van der Waals surface area contributed by atoms with E-state index < -0.39 is 0 Å². The third-order valence-corrected chi connectivity index (χ3v) is 2.96. The van der Waals surface area contributed by atoms with Gasteiger partial charge in [0.2, 0.25) is 0 Å². The normalized spacial score (nSPS) is 10.2. The molecule has 2 aromatic rings. The van der Waals surface area contributed by atoms with Gasteiger partial charge < -0.3 is 21.5 Å². The maximum Gasteiger partial charge on any atom is 0.121 e. The van der Waals surface area contributed by atoms with Crippen LogP contribution in [-0.4, -0.2) is 6.61 Å². The summed E-state index contributed by atoms with van der Waals surface area (Å²) in [6, 6.07) is 13.3. The van der Waals surface area contributed by atoms with Crippen LogP contribution in [0, 0.1) is 0 Å². The molecule has 0 radical (unpaired) electrons. The van der Waals surface area contributed by atoms with Crippen LogP contribution in [0.4, 0.5) is 22.7 Å². The van der Waals surface area contributed by atoms with Gasteiger partial charge in [-0.15, -0.1) is 0 Å². The second-order valence-electron chi connectivity index (χ2n) is 4.70. The van der Waals surface area contributed by atoms with Crippen molar-refractivity contribution in [3.8, 4) is 5.75 Å². The van der Waals surface area contributed by atoms with Crippen molar-refractivity contribution in [3.63, 3.8) is 0 Å². The zero-order chi connectivity index (χ0) is 14.4. The van der Waals surface area contributed by atoms with Crippen molar-refractivity contribution < 1.29 is 4.74 Å². The molecule has 106 valence electrons. The van der Waals surface area contributed by atoms with E-state index in [0.29, 0.717) is 11.4 Å². The quantitative estimate of drug-likeness (QED) is 0.552. The molecule has 2 aromatic carbocycles. The van der Waals surface area contributed by atoms with Crippen LogP contribution in [-0.2, 0) is 0 Å². The summed E-state index contributed by atoms with van der Waals surface area (Å²) in [6.07, 6.45) is 2.18. The summed E-state index contributed by atoms with van der Waals surface area (Å²) < 4.78 is 5.68. The minimum absolute atomic E-state index is 0.627. The van der Waals surface area contributed by atoms with Gasteiger partial charge in [-0.2, -0.15) is 0 Å². The Morgan fingerprint density at radius 2 is 1.95 bits per heavy atom. The Morgan fingerprint density at radius 3 is 2.70 bits per heavy atom. The van der Waals surface area contributed by atoms with Crippen LogP contribution in [0.1, 0.15) is 19.8 Å². The highest BCUT2D eigenvalue weighted by molar-refractivity contribution is 5.75. The van der Waals surface area contributed by atoms with Crippen LogP contribution in [0.3, 0.4) is 0 Å². The lowest BCUT2D eigenvalue weighted by molar-refractivity contribution is 0.309. The van der Waals surface area contributed by atoms with Crippen LogP contribution in [0.5, 0.6) is 5.75 Å². The molecule has 0 aliphatic heterocycles. The minimum atomic E-state index is 0.627. The van der Waals surface area contributed by atoms with E-state index >= 15 is 0 Å². The number of unbranched alkanes of at least 4 members (excludes halogenated alkanes) is 1. The molecular weight excluding hydrogens is 250 g/mol. The van der Waals surface area contributed by atoms with E-state index in [1.165, 1.54) is 0 Å². The Bertz CT molecular complexity index is 569. The smallest absolute Gasteiger partial charge is 0.121 e. The van der Waals surface area contributed by atoms with Gasteiger partial charge in [0, 0.05) is 17.4 Å². The predicted octanol–water partition coefficient (Wildman–Crippen LogP) is 3.77. The number of anilines is 4. The van der Waals surface area contributed by atoms with Crippen molar-refractivity contribution >= 4 is 22.7 Å². The first kappa shape index (κ1) is 14.1.